The second-order valence-corrected chi connectivity index (χ2v) is 4.86. The third kappa shape index (κ3) is 4.49. The Bertz CT molecular complexity index is 358. The largest absolute Gasteiger partial charge is 0.381 e. The Hall–Kier alpha value is -1.35. The van der Waals surface area contributed by atoms with E-state index in [4.69, 9.17) is 4.74 Å². The van der Waals surface area contributed by atoms with Gasteiger partial charge in [-0.15, -0.1) is 0 Å². The van der Waals surface area contributed by atoms with Gasteiger partial charge in [-0.2, -0.15) is 0 Å². The molecule has 0 unspecified atom stereocenters. The summed E-state index contributed by atoms with van der Waals surface area (Å²) in [5.74, 6) is 0.826. The van der Waals surface area contributed by atoms with Gasteiger partial charge in [0.25, 0.3) is 0 Å². The highest BCUT2D eigenvalue weighted by molar-refractivity contribution is 5.75. The van der Waals surface area contributed by atoms with Crippen molar-refractivity contribution in [1.29, 1.82) is 0 Å². The van der Waals surface area contributed by atoms with Gasteiger partial charge in [0.1, 0.15) is 0 Å². The maximum absolute atomic E-state index is 11.7. The zero-order chi connectivity index (χ0) is 12.6. The topological polar surface area (TPSA) is 38.3 Å². The third-order valence-corrected chi connectivity index (χ3v) is 3.45. The SMILES string of the molecule is O=C(CCC1CCOCC1)NCc1ccccc1. The number of hydrogen-bond acceptors (Lipinski definition) is 2. The maximum atomic E-state index is 11.7. The molecule has 2 rings (SSSR count). The van der Waals surface area contributed by atoms with E-state index in [1.54, 1.807) is 0 Å². The molecule has 0 saturated carbocycles. The molecule has 98 valence electrons. The Morgan fingerprint density at radius 3 is 2.67 bits per heavy atom. The van der Waals surface area contributed by atoms with Gasteiger partial charge in [0.2, 0.25) is 5.91 Å². The predicted molar refractivity (Wildman–Crippen MR) is 71.1 cm³/mol. The summed E-state index contributed by atoms with van der Waals surface area (Å²) in [6.45, 7) is 2.35. The predicted octanol–water partition coefficient (Wildman–Crippen LogP) is 2.51. The van der Waals surface area contributed by atoms with Crippen LogP contribution in [-0.4, -0.2) is 19.1 Å². The monoisotopic (exact) mass is 247 g/mol. The normalized spacial score (nSPS) is 16.4. The van der Waals surface area contributed by atoms with Gasteiger partial charge in [-0.1, -0.05) is 30.3 Å². The zero-order valence-electron chi connectivity index (χ0n) is 10.7. The molecule has 1 fully saturated rings. The second kappa shape index (κ2) is 7.17. The lowest BCUT2D eigenvalue weighted by Crippen LogP contribution is -2.24. The molecule has 1 aliphatic heterocycles. The van der Waals surface area contributed by atoms with E-state index >= 15 is 0 Å². The van der Waals surface area contributed by atoms with Gasteiger partial charge in [0, 0.05) is 26.2 Å². The lowest BCUT2D eigenvalue weighted by Gasteiger charge is -2.21. The van der Waals surface area contributed by atoms with Crippen LogP contribution < -0.4 is 5.32 Å². The molecule has 1 N–H and O–H groups in total. The fourth-order valence-corrected chi connectivity index (χ4v) is 2.26. The summed E-state index contributed by atoms with van der Waals surface area (Å²) in [7, 11) is 0. The van der Waals surface area contributed by atoms with Crippen LogP contribution in [0.25, 0.3) is 0 Å². The zero-order valence-corrected chi connectivity index (χ0v) is 10.7. The van der Waals surface area contributed by atoms with Crippen molar-refractivity contribution in [2.75, 3.05) is 13.2 Å². The maximum Gasteiger partial charge on any atom is 0.220 e. The van der Waals surface area contributed by atoms with Gasteiger partial charge in [0.15, 0.2) is 0 Å². The summed E-state index contributed by atoms with van der Waals surface area (Å²) in [4.78, 5) is 11.7. The second-order valence-electron chi connectivity index (χ2n) is 4.86. The van der Waals surface area contributed by atoms with Gasteiger partial charge in [0.05, 0.1) is 0 Å². The van der Waals surface area contributed by atoms with E-state index in [0.29, 0.717) is 18.9 Å². The van der Waals surface area contributed by atoms with Crippen LogP contribution >= 0.6 is 0 Å². The van der Waals surface area contributed by atoms with Crippen molar-refractivity contribution in [2.24, 2.45) is 5.92 Å². The molecule has 0 bridgehead atoms. The summed E-state index contributed by atoms with van der Waals surface area (Å²) < 4.78 is 5.31. The van der Waals surface area contributed by atoms with Crippen molar-refractivity contribution in [3.63, 3.8) is 0 Å². The van der Waals surface area contributed by atoms with Crippen LogP contribution in [0.2, 0.25) is 0 Å². The van der Waals surface area contributed by atoms with Crippen molar-refractivity contribution in [1.82, 2.24) is 5.32 Å². The first kappa shape index (κ1) is 13.1. The van der Waals surface area contributed by atoms with E-state index in [-0.39, 0.29) is 5.91 Å². The molecule has 3 heteroatoms. The number of carbonyl (C=O) groups is 1. The summed E-state index contributed by atoms with van der Waals surface area (Å²) in [6.07, 6.45) is 3.83. The highest BCUT2D eigenvalue weighted by atomic mass is 16.5. The van der Waals surface area contributed by atoms with E-state index < -0.39 is 0 Å². The number of carbonyl (C=O) groups excluding carboxylic acids is 1. The Morgan fingerprint density at radius 1 is 1.22 bits per heavy atom. The lowest BCUT2D eigenvalue weighted by atomic mass is 9.95. The Morgan fingerprint density at radius 2 is 1.94 bits per heavy atom. The number of amides is 1. The molecule has 0 atom stereocenters. The molecule has 18 heavy (non-hydrogen) atoms. The van der Waals surface area contributed by atoms with E-state index in [2.05, 4.69) is 5.32 Å². The molecule has 0 spiro atoms. The molecule has 1 saturated heterocycles. The minimum absolute atomic E-state index is 0.158. The molecule has 1 aromatic carbocycles. The number of hydrogen-bond donors (Lipinski definition) is 1. The minimum Gasteiger partial charge on any atom is -0.381 e. The first-order valence-corrected chi connectivity index (χ1v) is 6.73. The van der Waals surface area contributed by atoms with Gasteiger partial charge in [-0.3, -0.25) is 4.79 Å². The summed E-state index contributed by atoms with van der Waals surface area (Å²) in [5, 5.41) is 2.97. The van der Waals surface area contributed by atoms with Crippen molar-refractivity contribution in [3.8, 4) is 0 Å². The molecular formula is C15H21NO2. The quantitative estimate of drug-likeness (QED) is 0.868. The standard InChI is InChI=1S/C15H21NO2/c17-15(7-6-13-8-10-18-11-9-13)16-12-14-4-2-1-3-5-14/h1-5,13H,6-12H2,(H,16,17). The first-order chi connectivity index (χ1) is 8.84. The number of ether oxygens (including phenoxy) is 1. The van der Waals surface area contributed by atoms with Crippen LogP contribution in [-0.2, 0) is 16.1 Å². The Labute approximate surface area is 109 Å². The molecule has 0 aromatic heterocycles. The highest BCUT2D eigenvalue weighted by Crippen LogP contribution is 2.19. The van der Waals surface area contributed by atoms with Gasteiger partial charge >= 0.3 is 0 Å². The summed E-state index contributed by atoms with van der Waals surface area (Å²) >= 11 is 0. The van der Waals surface area contributed by atoms with E-state index in [0.717, 1.165) is 38.0 Å². The highest BCUT2D eigenvalue weighted by Gasteiger charge is 2.14. The van der Waals surface area contributed by atoms with Crippen LogP contribution in [0.15, 0.2) is 30.3 Å². The smallest absolute Gasteiger partial charge is 0.220 e. The number of nitrogens with one attached hydrogen (secondary N) is 1. The van der Waals surface area contributed by atoms with Crippen molar-refractivity contribution in [3.05, 3.63) is 35.9 Å². The van der Waals surface area contributed by atoms with Gasteiger partial charge < -0.3 is 10.1 Å². The lowest BCUT2D eigenvalue weighted by molar-refractivity contribution is -0.121. The van der Waals surface area contributed by atoms with E-state index in [1.807, 2.05) is 30.3 Å². The van der Waals surface area contributed by atoms with Crippen LogP contribution in [0.5, 0.6) is 0 Å². The Kier molecular flexibility index (Phi) is 5.21. The molecule has 0 aliphatic carbocycles. The molecule has 3 nitrogen and oxygen atoms in total. The molecular weight excluding hydrogens is 226 g/mol. The minimum atomic E-state index is 0.158. The van der Waals surface area contributed by atoms with Crippen LogP contribution in [0.4, 0.5) is 0 Å². The molecule has 0 radical (unpaired) electrons. The fourth-order valence-electron chi connectivity index (χ4n) is 2.26. The van der Waals surface area contributed by atoms with Crippen LogP contribution in [0, 0.1) is 5.92 Å². The fraction of sp³-hybridized carbons (Fsp3) is 0.533. The van der Waals surface area contributed by atoms with Gasteiger partial charge in [-0.05, 0) is 30.7 Å². The molecule has 1 aliphatic rings. The molecule has 1 aromatic rings. The average molecular weight is 247 g/mol. The Balaban J connectivity index is 1.63. The summed E-state index contributed by atoms with van der Waals surface area (Å²) in [6, 6.07) is 10.0. The van der Waals surface area contributed by atoms with Crippen molar-refractivity contribution >= 4 is 5.91 Å². The average Bonchev–Trinajstić information content (AvgIpc) is 2.45. The number of benzene rings is 1. The number of rotatable bonds is 5. The van der Waals surface area contributed by atoms with Gasteiger partial charge in [-0.25, -0.2) is 0 Å². The van der Waals surface area contributed by atoms with Crippen molar-refractivity contribution in [2.45, 2.75) is 32.2 Å². The molecule has 1 amide bonds. The van der Waals surface area contributed by atoms with E-state index in [1.165, 1.54) is 0 Å². The molecule has 1 heterocycles. The third-order valence-electron chi connectivity index (χ3n) is 3.45. The van der Waals surface area contributed by atoms with Crippen LogP contribution in [0.1, 0.15) is 31.2 Å². The van der Waals surface area contributed by atoms with Crippen LogP contribution in [0.3, 0.4) is 0 Å². The van der Waals surface area contributed by atoms with E-state index in [9.17, 15) is 4.79 Å². The van der Waals surface area contributed by atoms with Crippen molar-refractivity contribution < 1.29 is 9.53 Å². The summed E-state index contributed by atoms with van der Waals surface area (Å²) in [5.41, 5.74) is 1.15. The first-order valence-electron chi connectivity index (χ1n) is 6.73.